The van der Waals surface area contributed by atoms with E-state index in [4.69, 9.17) is 0 Å². The van der Waals surface area contributed by atoms with Gasteiger partial charge >= 0.3 is 0 Å². The van der Waals surface area contributed by atoms with Gasteiger partial charge in [0.2, 0.25) is 0 Å². The molecule has 2 aromatic rings. The van der Waals surface area contributed by atoms with Crippen LogP contribution in [0.4, 0.5) is 11.6 Å². The highest BCUT2D eigenvalue weighted by molar-refractivity contribution is 7.11. The molecule has 0 aliphatic heterocycles. The molecule has 2 rings (SSSR count). The van der Waals surface area contributed by atoms with Crippen molar-refractivity contribution in [2.45, 2.75) is 40.2 Å². The van der Waals surface area contributed by atoms with E-state index in [1.807, 2.05) is 13.1 Å². The predicted octanol–water partition coefficient (Wildman–Crippen LogP) is 3.41. The maximum atomic E-state index is 4.47. The maximum absolute atomic E-state index is 4.47. The largest absolute Gasteiger partial charge is 0.370 e. The molecule has 0 aliphatic rings. The van der Waals surface area contributed by atoms with Crippen molar-refractivity contribution < 1.29 is 0 Å². The van der Waals surface area contributed by atoms with E-state index in [1.54, 1.807) is 17.7 Å². The van der Waals surface area contributed by atoms with E-state index in [1.165, 1.54) is 4.88 Å². The fourth-order valence-corrected chi connectivity index (χ4v) is 2.75. The number of rotatable bonds is 6. The molecule has 0 aliphatic carbocycles. The lowest BCUT2D eigenvalue weighted by atomic mass is 10.2. The first-order valence-corrected chi connectivity index (χ1v) is 7.73. The Kier molecular flexibility index (Phi) is 4.89. The van der Waals surface area contributed by atoms with Crippen molar-refractivity contribution in [2.75, 3.05) is 17.2 Å². The van der Waals surface area contributed by atoms with Gasteiger partial charge in [0.15, 0.2) is 0 Å². The number of nitrogens with zero attached hydrogens (tertiary/aromatic N) is 3. The van der Waals surface area contributed by atoms with Crippen LogP contribution >= 0.6 is 11.3 Å². The van der Waals surface area contributed by atoms with Gasteiger partial charge in [-0.05, 0) is 27.2 Å². The number of thiazole rings is 1. The number of aryl methyl sites for hydroxylation is 1. The van der Waals surface area contributed by atoms with Crippen LogP contribution in [0.3, 0.4) is 0 Å². The third kappa shape index (κ3) is 3.25. The van der Waals surface area contributed by atoms with E-state index in [2.05, 4.69) is 46.4 Å². The minimum atomic E-state index is 0.142. The summed E-state index contributed by atoms with van der Waals surface area (Å²) >= 11 is 1.75. The Hall–Kier alpha value is -1.69. The second-order valence-corrected chi connectivity index (χ2v) is 5.76. The highest BCUT2D eigenvalue weighted by Gasteiger charge is 2.13. The highest BCUT2D eigenvalue weighted by Crippen LogP contribution is 2.26. The normalized spacial score (nSPS) is 12.2. The zero-order valence-electron chi connectivity index (χ0n) is 12.4. The van der Waals surface area contributed by atoms with Crippen molar-refractivity contribution in [3.05, 3.63) is 28.0 Å². The Labute approximate surface area is 123 Å². The molecule has 2 N–H and O–H groups in total. The van der Waals surface area contributed by atoms with E-state index in [0.29, 0.717) is 0 Å². The SMILES string of the molecule is CCNc1ncnc(NC(C)c2ncc(CC)s2)c1C. The van der Waals surface area contributed by atoms with Crippen LogP contribution < -0.4 is 10.6 Å². The predicted molar refractivity (Wildman–Crippen MR) is 84.5 cm³/mol. The van der Waals surface area contributed by atoms with Crippen LogP contribution in [0.15, 0.2) is 12.5 Å². The monoisotopic (exact) mass is 291 g/mol. The Morgan fingerprint density at radius 1 is 1.20 bits per heavy atom. The molecule has 1 atom stereocenters. The quantitative estimate of drug-likeness (QED) is 0.854. The summed E-state index contributed by atoms with van der Waals surface area (Å²) in [6.45, 7) is 9.17. The summed E-state index contributed by atoms with van der Waals surface area (Å²) in [5.41, 5.74) is 1.04. The van der Waals surface area contributed by atoms with Gasteiger partial charge in [-0.2, -0.15) is 0 Å². The molecule has 0 spiro atoms. The Morgan fingerprint density at radius 2 is 1.95 bits per heavy atom. The van der Waals surface area contributed by atoms with E-state index < -0.39 is 0 Å². The van der Waals surface area contributed by atoms with Crippen LogP contribution in [0.25, 0.3) is 0 Å². The third-order valence-electron chi connectivity index (χ3n) is 3.07. The van der Waals surface area contributed by atoms with E-state index in [0.717, 1.165) is 35.2 Å². The van der Waals surface area contributed by atoms with Gasteiger partial charge in [0, 0.05) is 23.2 Å². The number of anilines is 2. The summed E-state index contributed by atoms with van der Waals surface area (Å²) in [5, 5.41) is 7.75. The molecule has 0 fully saturated rings. The zero-order valence-corrected chi connectivity index (χ0v) is 13.2. The van der Waals surface area contributed by atoms with Crippen molar-refractivity contribution in [1.29, 1.82) is 0 Å². The van der Waals surface area contributed by atoms with Gasteiger partial charge in [-0.1, -0.05) is 6.92 Å². The minimum absolute atomic E-state index is 0.142. The van der Waals surface area contributed by atoms with Gasteiger partial charge in [0.25, 0.3) is 0 Å². The molecular weight excluding hydrogens is 270 g/mol. The van der Waals surface area contributed by atoms with E-state index in [9.17, 15) is 0 Å². The summed E-state index contributed by atoms with van der Waals surface area (Å²) in [7, 11) is 0. The van der Waals surface area contributed by atoms with Crippen LogP contribution in [-0.2, 0) is 6.42 Å². The van der Waals surface area contributed by atoms with Gasteiger partial charge in [0.05, 0.1) is 6.04 Å². The molecule has 108 valence electrons. The Morgan fingerprint density at radius 3 is 2.60 bits per heavy atom. The molecule has 1 unspecified atom stereocenters. The van der Waals surface area contributed by atoms with Gasteiger partial charge < -0.3 is 10.6 Å². The first-order chi connectivity index (χ1) is 9.65. The lowest BCUT2D eigenvalue weighted by Crippen LogP contribution is -2.11. The molecular formula is C14H21N5S. The topological polar surface area (TPSA) is 62.7 Å². The maximum Gasteiger partial charge on any atom is 0.134 e. The van der Waals surface area contributed by atoms with Crippen molar-refractivity contribution in [2.24, 2.45) is 0 Å². The Balaban J connectivity index is 2.14. The van der Waals surface area contributed by atoms with Crippen LogP contribution in [0.2, 0.25) is 0 Å². The lowest BCUT2D eigenvalue weighted by Gasteiger charge is -2.15. The van der Waals surface area contributed by atoms with Crippen LogP contribution in [0.1, 0.15) is 42.3 Å². The highest BCUT2D eigenvalue weighted by atomic mass is 32.1. The number of hydrogen-bond acceptors (Lipinski definition) is 6. The molecule has 2 aromatic heterocycles. The summed E-state index contributed by atoms with van der Waals surface area (Å²) in [6.07, 6.45) is 4.57. The molecule has 0 bridgehead atoms. The molecule has 0 saturated carbocycles. The van der Waals surface area contributed by atoms with E-state index in [-0.39, 0.29) is 6.04 Å². The fraction of sp³-hybridized carbons (Fsp3) is 0.500. The molecule has 6 heteroatoms. The van der Waals surface area contributed by atoms with Crippen molar-refractivity contribution >= 4 is 23.0 Å². The molecule has 5 nitrogen and oxygen atoms in total. The molecule has 2 heterocycles. The first kappa shape index (κ1) is 14.7. The average Bonchev–Trinajstić information content (AvgIpc) is 2.92. The average molecular weight is 291 g/mol. The van der Waals surface area contributed by atoms with Crippen LogP contribution in [0.5, 0.6) is 0 Å². The fourth-order valence-electron chi connectivity index (χ4n) is 1.89. The van der Waals surface area contributed by atoms with E-state index >= 15 is 0 Å². The Bertz CT molecular complexity index is 566. The van der Waals surface area contributed by atoms with Gasteiger partial charge in [-0.15, -0.1) is 11.3 Å². The minimum Gasteiger partial charge on any atom is -0.370 e. The van der Waals surface area contributed by atoms with Crippen molar-refractivity contribution in [3.63, 3.8) is 0 Å². The molecule has 0 aromatic carbocycles. The number of aromatic nitrogens is 3. The van der Waals surface area contributed by atoms with Crippen molar-refractivity contribution in [3.8, 4) is 0 Å². The molecule has 0 saturated heterocycles. The second kappa shape index (κ2) is 6.65. The summed E-state index contributed by atoms with van der Waals surface area (Å²) in [5.74, 6) is 1.74. The molecule has 0 radical (unpaired) electrons. The lowest BCUT2D eigenvalue weighted by molar-refractivity contribution is 0.854. The second-order valence-electron chi connectivity index (χ2n) is 4.61. The van der Waals surface area contributed by atoms with Crippen LogP contribution in [-0.4, -0.2) is 21.5 Å². The summed E-state index contributed by atoms with van der Waals surface area (Å²) in [4.78, 5) is 14.4. The smallest absolute Gasteiger partial charge is 0.134 e. The number of nitrogens with one attached hydrogen (secondary N) is 2. The first-order valence-electron chi connectivity index (χ1n) is 6.92. The van der Waals surface area contributed by atoms with Crippen LogP contribution in [0, 0.1) is 6.92 Å². The zero-order chi connectivity index (χ0) is 14.5. The third-order valence-corrected chi connectivity index (χ3v) is 4.40. The number of hydrogen-bond donors (Lipinski definition) is 2. The van der Waals surface area contributed by atoms with Gasteiger partial charge in [0.1, 0.15) is 23.0 Å². The standard InChI is InChI=1S/C14H21N5S/c1-5-11-7-16-14(20-11)10(4)19-13-9(3)12(15-6-2)17-8-18-13/h7-8,10H,5-6H2,1-4H3,(H2,15,17,18,19). The summed E-state index contributed by atoms with van der Waals surface area (Å²) in [6, 6.07) is 0.142. The molecule has 20 heavy (non-hydrogen) atoms. The summed E-state index contributed by atoms with van der Waals surface area (Å²) < 4.78 is 0. The van der Waals surface area contributed by atoms with Crippen molar-refractivity contribution in [1.82, 2.24) is 15.0 Å². The van der Waals surface area contributed by atoms with Gasteiger partial charge in [-0.3, -0.25) is 0 Å². The van der Waals surface area contributed by atoms with Gasteiger partial charge in [-0.25, -0.2) is 15.0 Å². The molecule has 0 amide bonds.